The standard InChI is InChI=1S/C18H26N2O8/c1-9(8-21)13(16(25)26)19-15(24)14(20-17(27)28-18(2,3)4)10-5-11(22)7-12(23)6-10/h5-7,9,13-14,21-23H,8H2,1-4H3,(H,19,24)(H,20,27)(H,25,26)/t9?,13-,14+/m0/s1. The molecule has 0 fully saturated rings. The zero-order chi connectivity index (χ0) is 21.6. The highest BCUT2D eigenvalue weighted by Crippen LogP contribution is 2.26. The Morgan fingerprint density at radius 2 is 1.61 bits per heavy atom. The minimum absolute atomic E-state index is 0.00153. The molecule has 10 heteroatoms. The molecular formula is C18H26N2O8. The minimum atomic E-state index is -1.47. The van der Waals surface area contributed by atoms with Gasteiger partial charge in [-0.25, -0.2) is 9.59 Å². The van der Waals surface area contributed by atoms with Crippen LogP contribution in [-0.2, 0) is 14.3 Å². The van der Waals surface area contributed by atoms with Crippen LogP contribution in [0.1, 0.15) is 39.3 Å². The first-order valence-corrected chi connectivity index (χ1v) is 8.50. The summed E-state index contributed by atoms with van der Waals surface area (Å²) in [4.78, 5) is 36.2. The Morgan fingerprint density at radius 3 is 2.04 bits per heavy atom. The van der Waals surface area contributed by atoms with Crippen LogP contribution in [0.15, 0.2) is 18.2 Å². The maximum absolute atomic E-state index is 12.7. The summed E-state index contributed by atoms with van der Waals surface area (Å²) >= 11 is 0. The van der Waals surface area contributed by atoms with Gasteiger partial charge in [0.15, 0.2) is 0 Å². The van der Waals surface area contributed by atoms with E-state index in [0.717, 1.165) is 18.2 Å². The van der Waals surface area contributed by atoms with Gasteiger partial charge < -0.3 is 35.8 Å². The van der Waals surface area contributed by atoms with Crippen LogP contribution in [-0.4, -0.2) is 56.6 Å². The summed E-state index contributed by atoms with van der Waals surface area (Å²) in [5, 5.41) is 42.4. The van der Waals surface area contributed by atoms with Gasteiger partial charge >= 0.3 is 12.1 Å². The van der Waals surface area contributed by atoms with E-state index in [1.807, 2.05) is 0 Å². The fourth-order valence-corrected chi connectivity index (χ4v) is 2.30. The number of carboxylic acid groups (broad SMARTS) is 1. The Morgan fingerprint density at radius 1 is 1.07 bits per heavy atom. The quantitative estimate of drug-likeness (QED) is 0.393. The van der Waals surface area contributed by atoms with Crippen molar-refractivity contribution in [1.82, 2.24) is 10.6 Å². The highest BCUT2D eigenvalue weighted by atomic mass is 16.6. The average molecular weight is 398 g/mol. The van der Waals surface area contributed by atoms with Gasteiger partial charge in [-0.3, -0.25) is 4.79 Å². The van der Waals surface area contributed by atoms with E-state index in [1.165, 1.54) is 6.92 Å². The van der Waals surface area contributed by atoms with E-state index in [0.29, 0.717) is 0 Å². The van der Waals surface area contributed by atoms with Crippen molar-refractivity contribution < 1.29 is 39.5 Å². The number of rotatable bonds is 7. The Hall–Kier alpha value is -3.01. The number of phenolic OH excluding ortho intramolecular Hbond substituents is 2. The number of aliphatic hydroxyl groups is 1. The first-order chi connectivity index (χ1) is 12.8. The molecular weight excluding hydrogens is 372 g/mol. The minimum Gasteiger partial charge on any atom is -0.508 e. The molecule has 10 nitrogen and oxygen atoms in total. The fourth-order valence-electron chi connectivity index (χ4n) is 2.30. The fraction of sp³-hybridized carbons (Fsp3) is 0.500. The summed E-state index contributed by atoms with van der Waals surface area (Å²) in [7, 11) is 0. The molecule has 1 rings (SSSR count). The molecule has 1 aromatic carbocycles. The molecule has 0 bridgehead atoms. The summed E-state index contributed by atoms with van der Waals surface area (Å²) in [5.74, 6) is -3.83. The van der Waals surface area contributed by atoms with Gasteiger partial charge in [0.25, 0.3) is 0 Å². The third kappa shape index (κ3) is 6.95. The number of hydrogen-bond donors (Lipinski definition) is 6. The van der Waals surface area contributed by atoms with Crippen LogP contribution in [0.3, 0.4) is 0 Å². The monoisotopic (exact) mass is 398 g/mol. The molecule has 0 saturated heterocycles. The molecule has 1 aromatic rings. The van der Waals surface area contributed by atoms with Crippen LogP contribution in [0.4, 0.5) is 4.79 Å². The first kappa shape index (κ1) is 23.0. The number of aliphatic carboxylic acids is 1. The maximum atomic E-state index is 12.7. The topological polar surface area (TPSA) is 165 Å². The van der Waals surface area contributed by atoms with Crippen LogP contribution in [0.5, 0.6) is 11.5 Å². The molecule has 6 N–H and O–H groups in total. The number of carbonyl (C=O) groups excluding carboxylic acids is 2. The summed E-state index contributed by atoms with van der Waals surface area (Å²) in [6.45, 7) is 5.78. The van der Waals surface area contributed by atoms with Crippen molar-refractivity contribution in [3.63, 3.8) is 0 Å². The number of hydrogen-bond acceptors (Lipinski definition) is 7. The van der Waals surface area contributed by atoms with Gasteiger partial charge in [0.05, 0.1) is 0 Å². The summed E-state index contributed by atoms with van der Waals surface area (Å²) in [5.41, 5.74) is -0.859. The van der Waals surface area contributed by atoms with Crippen molar-refractivity contribution in [3.05, 3.63) is 23.8 Å². The van der Waals surface area contributed by atoms with Crippen molar-refractivity contribution >= 4 is 18.0 Å². The van der Waals surface area contributed by atoms with E-state index in [1.54, 1.807) is 20.8 Å². The van der Waals surface area contributed by atoms with E-state index in [4.69, 9.17) is 4.74 Å². The number of carboxylic acids is 1. The SMILES string of the molecule is CC(CO)[C@H](NC(=O)[C@H](NC(=O)OC(C)(C)C)c1cc(O)cc(O)c1)C(=O)O. The van der Waals surface area contributed by atoms with E-state index in [-0.39, 0.29) is 17.1 Å². The van der Waals surface area contributed by atoms with E-state index < -0.39 is 48.2 Å². The molecule has 0 aromatic heterocycles. The molecule has 156 valence electrons. The average Bonchev–Trinajstić information content (AvgIpc) is 2.53. The van der Waals surface area contributed by atoms with Crippen LogP contribution in [0.25, 0.3) is 0 Å². The van der Waals surface area contributed by atoms with Crippen LogP contribution in [0.2, 0.25) is 0 Å². The van der Waals surface area contributed by atoms with Gasteiger partial charge in [-0.2, -0.15) is 0 Å². The first-order valence-electron chi connectivity index (χ1n) is 8.50. The second kappa shape index (κ2) is 9.27. The Kier molecular flexibility index (Phi) is 7.62. The number of carbonyl (C=O) groups is 3. The second-order valence-electron chi connectivity index (χ2n) is 7.35. The lowest BCUT2D eigenvalue weighted by atomic mass is 10.0. The molecule has 1 unspecified atom stereocenters. The number of aliphatic hydroxyl groups excluding tert-OH is 1. The van der Waals surface area contributed by atoms with Crippen molar-refractivity contribution in [2.24, 2.45) is 5.92 Å². The highest BCUT2D eigenvalue weighted by Gasteiger charge is 2.32. The van der Waals surface area contributed by atoms with Crippen LogP contribution >= 0.6 is 0 Å². The van der Waals surface area contributed by atoms with Gasteiger partial charge in [-0.05, 0) is 38.5 Å². The Balaban J connectivity index is 3.20. The molecule has 0 aliphatic carbocycles. The maximum Gasteiger partial charge on any atom is 0.408 e. The molecule has 0 heterocycles. The van der Waals surface area contributed by atoms with Crippen molar-refractivity contribution in [1.29, 1.82) is 0 Å². The van der Waals surface area contributed by atoms with Crippen molar-refractivity contribution in [3.8, 4) is 11.5 Å². The molecule has 0 aliphatic rings. The molecule has 0 aliphatic heterocycles. The Labute approximate surface area is 162 Å². The summed E-state index contributed by atoms with van der Waals surface area (Å²) < 4.78 is 5.11. The predicted molar refractivity (Wildman–Crippen MR) is 97.7 cm³/mol. The van der Waals surface area contributed by atoms with Crippen LogP contribution < -0.4 is 10.6 Å². The second-order valence-corrected chi connectivity index (χ2v) is 7.35. The van der Waals surface area contributed by atoms with Gasteiger partial charge in [0.2, 0.25) is 5.91 Å². The van der Waals surface area contributed by atoms with Gasteiger partial charge in [-0.15, -0.1) is 0 Å². The lowest BCUT2D eigenvalue weighted by molar-refractivity contribution is -0.144. The highest BCUT2D eigenvalue weighted by molar-refractivity contribution is 5.90. The van der Waals surface area contributed by atoms with Gasteiger partial charge in [0, 0.05) is 18.6 Å². The third-order valence-electron chi connectivity index (χ3n) is 3.60. The predicted octanol–water partition coefficient (Wildman–Crippen LogP) is 0.861. The van der Waals surface area contributed by atoms with E-state index in [2.05, 4.69) is 10.6 Å². The molecule has 0 radical (unpaired) electrons. The molecule has 0 saturated carbocycles. The van der Waals surface area contributed by atoms with Crippen LogP contribution in [0, 0.1) is 5.92 Å². The number of nitrogens with one attached hydrogen (secondary N) is 2. The van der Waals surface area contributed by atoms with Gasteiger partial charge in [-0.1, -0.05) is 6.92 Å². The zero-order valence-corrected chi connectivity index (χ0v) is 16.1. The van der Waals surface area contributed by atoms with Crippen molar-refractivity contribution in [2.75, 3.05) is 6.61 Å². The Bertz CT molecular complexity index is 709. The molecule has 0 spiro atoms. The van der Waals surface area contributed by atoms with Crippen molar-refractivity contribution in [2.45, 2.75) is 45.4 Å². The van der Waals surface area contributed by atoms with E-state index >= 15 is 0 Å². The molecule has 2 amide bonds. The number of amides is 2. The lowest BCUT2D eigenvalue weighted by Gasteiger charge is -2.26. The number of alkyl carbamates (subject to hydrolysis) is 1. The number of benzene rings is 1. The normalized spacial score (nSPS) is 14.5. The molecule has 3 atom stereocenters. The van der Waals surface area contributed by atoms with E-state index in [9.17, 15) is 34.8 Å². The number of phenols is 2. The largest absolute Gasteiger partial charge is 0.508 e. The molecule has 28 heavy (non-hydrogen) atoms. The summed E-state index contributed by atoms with van der Waals surface area (Å²) in [6.07, 6.45) is -0.961. The third-order valence-corrected chi connectivity index (χ3v) is 3.60. The van der Waals surface area contributed by atoms with Gasteiger partial charge in [0.1, 0.15) is 29.2 Å². The smallest absolute Gasteiger partial charge is 0.408 e. The number of ether oxygens (including phenoxy) is 1. The summed E-state index contributed by atoms with van der Waals surface area (Å²) in [6, 6.07) is 0.394. The lowest BCUT2D eigenvalue weighted by Crippen LogP contribution is -2.51. The zero-order valence-electron chi connectivity index (χ0n) is 16.1. The number of aromatic hydroxyl groups is 2.